The maximum Gasteiger partial charge on any atom is 0.337 e. The van der Waals surface area contributed by atoms with Gasteiger partial charge >= 0.3 is 11.9 Å². The zero-order chi connectivity index (χ0) is 27.4. The highest BCUT2D eigenvalue weighted by Crippen LogP contribution is 2.41. The molecule has 2 aromatic rings. The Labute approximate surface area is 220 Å². The van der Waals surface area contributed by atoms with Gasteiger partial charge in [0, 0.05) is 49.6 Å². The first-order valence-corrected chi connectivity index (χ1v) is 12.2. The second-order valence-electron chi connectivity index (χ2n) is 9.63. The number of nitro groups is 1. The molecule has 2 aliphatic rings. The molecule has 38 heavy (non-hydrogen) atoms. The van der Waals surface area contributed by atoms with E-state index >= 15 is 0 Å². The smallest absolute Gasteiger partial charge is 0.337 e. The number of carbonyl (C=O) groups excluding carboxylic acids is 2. The standard InChI is InChI=1S/C28H30FN3O6/c1-18-23(26(33)37-3)25(21-10-7-11-22(14-21)32(35)36)24(19(2)30-18)27(34)38-28(16-29)12-13-31(17-28)15-20-8-5-4-6-9-20/h4-11,14,25,30H,12-13,15-17H2,1-3H3/t25-,28?/m1/s1. The summed E-state index contributed by atoms with van der Waals surface area (Å²) in [6, 6.07) is 15.5. The Morgan fingerprint density at radius 1 is 1.11 bits per heavy atom. The summed E-state index contributed by atoms with van der Waals surface area (Å²) < 4.78 is 25.4. The molecular formula is C28H30FN3O6. The van der Waals surface area contributed by atoms with E-state index in [1.54, 1.807) is 19.9 Å². The van der Waals surface area contributed by atoms with Crippen LogP contribution in [0.5, 0.6) is 0 Å². The molecule has 1 saturated heterocycles. The number of methoxy groups -OCH3 is 1. The number of ether oxygens (including phenoxy) is 2. The number of nitrogens with zero attached hydrogens (tertiary/aromatic N) is 2. The predicted molar refractivity (Wildman–Crippen MR) is 138 cm³/mol. The summed E-state index contributed by atoms with van der Waals surface area (Å²) in [6.45, 7) is 3.78. The van der Waals surface area contributed by atoms with Crippen molar-refractivity contribution in [2.75, 3.05) is 26.9 Å². The average molecular weight is 524 g/mol. The van der Waals surface area contributed by atoms with Crippen LogP contribution in [-0.2, 0) is 25.6 Å². The molecule has 0 saturated carbocycles. The molecule has 2 atom stereocenters. The summed E-state index contributed by atoms with van der Waals surface area (Å²) in [5, 5.41) is 14.5. The Hall–Kier alpha value is -4.05. The minimum Gasteiger partial charge on any atom is -0.466 e. The first-order valence-electron chi connectivity index (χ1n) is 12.2. The van der Waals surface area contributed by atoms with Gasteiger partial charge < -0.3 is 14.8 Å². The van der Waals surface area contributed by atoms with Crippen molar-refractivity contribution in [2.45, 2.75) is 38.3 Å². The monoisotopic (exact) mass is 523 g/mol. The van der Waals surface area contributed by atoms with E-state index in [1.165, 1.54) is 25.3 Å². The number of rotatable bonds is 8. The quantitative estimate of drug-likeness (QED) is 0.312. The van der Waals surface area contributed by atoms with Gasteiger partial charge in [0.15, 0.2) is 5.60 Å². The number of halogens is 1. The van der Waals surface area contributed by atoms with E-state index < -0.39 is 35.1 Å². The molecule has 9 nitrogen and oxygen atoms in total. The minimum absolute atomic E-state index is 0.0748. The summed E-state index contributed by atoms with van der Waals surface area (Å²) in [5.41, 5.74) is 0.912. The SMILES string of the molecule is COC(=O)C1=C(C)NC(C)=C(C(=O)OC2(CF)CCN(Cc3ccccc3)C2)[C@@H]1c1cccc([N+](=O)[O-])c1. The van der Waals surface area contributed by atoms with Gasteiger partial charge in [0.25, 0.3) is 5.69 Å². The van der Waals surface area contributed by atoms with Gasteiger partial charge in [-0.1, -0.05) is 42.5 Å². The number of allylic oxidation sites excluding steroid dienone is 2. The van der Waals surface area contributed by atoms with E-state index in [9.17, 15) is 24.1 Å². The van der Waals surface area contributed by atoms with Gasteiger partial charge in [0.1, 0.15) is 6.67 Å². The number of likely N-dealkylation sites (tertiary alicyclic amines) is 1. The number of dihydropyridines is 1. The van der Waals surface area contributed by atoms with E-state index in [-0.39, 0.29) is 23.4 Å². The van der Waals surface area contributed by atoms with Crippen molar-refractivity contribution in [3.05, 3.63) is 98.4 Å². The number of hydrogen-bond acceptors (Lipinski definition) is 8. The van der Waals surface area contributed by atoms with Crippen LogP contribution in [0.1, 0.15) is 37.3 Å². The highest BCUT2D eigenvalue weighted by atomic mass is 19.1. The van der Waals surface area contributed by atoms with Crippen molar-refractivity contribution >= 4 is 17.6 Å². The molecule has 2 aromatic carbocycles. The van der Waals surface area contributed by atoms with E-state index in [1.807, 2.05) is 35.2 Å². The van der Waals surface area contributed by atoms with E-state index in [4.69, 9.17) is 9.47 Å². The highest BCUT2D eigenvalue weighted by molar-refractivity contribution is 6.00. The Balaban J connectivity index is 1.67. The third kappa shape index (κ3) is 5.45. The topological polar surface area (TPSA) is 111 Å². The molecule has 1 fully saturated rings. The van der Waals surface area contributed by atoms with Crippen molar-refractivity contribution in [3.8, 4) is 0 Å². The molecule has 4 rings (SSSR count). The molecule has 0 aliphatic carbocycles. The molecule has 0 spiro atoms. The fourth-order valence-electron chi connectivity index (χ4n) is 5.17. The van der Waals surface area contributed by atoms with Gasteiger partial charge in [-0.05, 0) is 25.0 Å². The number of nitro benzene ring substituents is 1. The summed E-state index contributed by atoms with van der Waals surface area (Å²) in [6.07, 6.45) is 0.308. The third-order valence-electron chi connectivity index (χ3n) is 7.00. The van der Waals surface area contributed by atoms with Crippen LogP contribution in [0, 0.1) is 10.1 Å². The fraction of sp³-hybridized carbons (Fsp3) is 0.357. The van der Waals surface area contributed by atoms with Crippen LogP contribution >= 0.6 is 0 Å². The lowest BCUT2D eigenvalue weighted by Gasteiger charge is -2.33. The summed E-state index contributed by atoms with van der Waals surface area (Å²) >= 11 is 0. The Morgan fingerprint density at radius 2 is 1.79 bits per heavy atom. The van der Waals surface area contributed by atoms with Gasteiger partial charge in [-0.3, -0.25) is 15.0 Å². The maximum atomic E-state index is 14.5. The van der Waals surface area contributed by atoms with Crippen molar-refractivity contribution < 1.29 is 28.4 Å². The fourth-order valence-corrected chi connectivity index (χ4v) is 5.17. The van der Waals surface area contributed by atoms with E-state index in [0.29, 0.717) is 36.5 Å². The molecule has 0 bridgehead atoms. The number of benzene rings is 2. The molecular weight excluding hydrogens is 493 g/mol. The first kappa shape index (κ1) is 27.0. The molecule has 1 N–H and O–H groups in total. The summed E-state index contributed by atoms with van der Waals surface area (Å²) in [4.78, 5) is 39.5. The molecule has 2 aliphatic heterocycles. The van der Waals surface area contributed by atoms with Crippen LogP contribution < -0.4 is 5.32 Å². The number of non-ortho nitro benzene ring substituents is 1. The Morgan fingerprint density at radius 3 is 2.42 bits per heavy atom. The summed E-state index contributed by atoms with van der Waals surface area (Å²) in [7, 11) is 1.22. The minimum atomic E-state index is -1.35. The van der Waals surface area contributed by atoms with Crippen LogP contribution in [0.15, 0.2) is 77.1 Å². The first-order chi connectivity index (χ1) is 18.2. The second-order valence-corrected chi connectivity index (χ2v) is 9.63. The van der Waals surface area contributed by atoms with Gasteiger partial charge in [-0.25, -0.2) is 14.0 Å². The van der Waals surface area contributed by atoms with E-state index in [2.05, 4.69) is 5.32 Å². The van der Waals surface area contributed by atoms with Crippen LogP contribution in [0.3, 0.4) is 0 Å². The maximum absolute atomic E-state index is 14.5. The van der Waals surface area contributed by atoms with Crippen LogP contribution in [-0.4, -0.2) is 54.2 Å². The number of alkyl halides is 1. The van der Waals surface area contributed by atoms with Gasteiger partial charge in [0.05, 0.1) is 29.1 Å². The lowest BCUT2D eigenvalue weighted by atomic mass is 9.80. The van der Waals surface area contributed by atoms with Crippen molar-refractivity contribution in [1.82, 2.24) is 10.2 Å². The zero-order valence-electron chi connectivity index (χ0n) is 21.5. The lowest BCUT2D eigenvalue weighted by Crippen LogP contribution is -2.42. The normalized spacial score (nSPS) is 21.7. The van der Waals surface area contributed by atoms with Gasteiger partial charge in [-0.2, -0.15) is 0 Å². The molecule has 2 heterocycles. The third-order valence-corrected chi connectivity index (χ3v) is 7.00. The largest absolute Gasteiger partial charge is 0.466 e. The number of esters is 2. The van der Waals surface area contributed by atoms with E-state index in [0.717, 1.165) is 5.56 Å². The number of nitrogens with one attached hydrogen (secondary N) is 1. The van der Waals surface area contributed by atoms with Gasteiger partial charge in [0.2, 0.25) is 0 Å². The number of carbonyl (C=O) groups is 2. The van der Waals surface area contributed by atoms with Crippen molar-refractivity contribution in [1.29, 1.82) is 0 Å². The van der Waals surface area contributed by atoms with Crippen molar-refractivity contribution in [2.24, 2.45) is 0 Å². The molecule has 10 heteroatoms. The average Bonchev–Trinajstić information content (AvgIpc) is 3.30. The second kappa shape index (κ2) is 11.1. The molecule has 200 valence electrons. The summed E-state index contributed by atoms with van der Waals surface area (Å²) in [5.74, 6) is -2.49. The molecule has 0 amide bonds. The molecule has 0 aromatic heterocycles. The van der Waals surface area contributed by atoms with Crippen LogP contribution in [0.4, 0.5) is 10.1 Å². The Bertz CT molecular complexity index is 1310. The molecule has 1 unspecified atom stereocenters. The van der Waals surface area contributed by atoms with Crippen molar-refractivity contribution in [3.63, 3.8) is 0 Å². The number of hydrogen-bond donors (Lipinski definition) is 1. The van der Waals surface area contributed by atoms with Gasteiger partial charge in [-0.15, -0.1) is 0 Å². The van der Waals surface area contributed by atoms with Crippen LogP contribution in [0.25, 0.3) is 0 Å². The lowest BCUT2D eigenvalue weighted by molar-refractivity contribution is -0.384. The molecule has 0 radical (unpaired) electrons. The van der Waals surface area contributed by atoms with Crippen LogP contribution in [0.2, 0.25) is 0 Å². The zero-order valence-corrected chi connectivity index (χ0v) is 21.5. The predicted octanol–water partition coefficient (Wildman–Crippen LogP) is 4.16. The highest BCUT2D eigenvalue weighted by Gasteiger charge is 2.45. The Kier molecular flexibility index (Phi) is 7.91.